The van der Waals surface area contributed by atoms with E-state index in [4.69, 9.17) is 14.2 Å². The zero-order valence-electron chi connectivity index (χ0n) is 15.8. The van der Waals surface area contributed by atoms with Gasteiger partial charge >= 0.3 is 0 Å². The van der Waals surface area contributed by atoms with Crippen molar-refractivity contribution in [3.05, 3.63) is 53.3 Å². The Bertz CT molecular complexity index is 998. The monoisotopic (exact) mass is 416 g/mol. The van der Waals surface area contributed by atoms with E-state index in [1.54, 1.807) is 12.1 Å². The summed E-state index contributed by atoms with van der Waals surface area (Å²) in [4.78, 5) is 12.6. The van der Waals surface area contributed by atoms with Gasteiger partial charge in [0.05, 0.1) is 6.10 Å². The summed E-state index contributed by atoms with van der Waals surface area (Å²) in [6, 6.07) is 8.64. The number of carbonyl (C=O) groups is 1. The van der Waals surface area contributed by atoms with Crippen LogP contribution in [0, 0.1) is 0 Å². The molecule has 30 heavy (non-hydrogen) atoms. The Balaban J connectivity index is 1.58. The van der Waals surface area contributed by atoms with Gasteiger partial charge in [0.15, 0.2) is 5.76 Å². The van der Waals surface area contributed by atoms with E-state index < -0.39 is 36.5 Å². The van der Waals surface area contributed by atoms with Crippen LogP contribution < -0.4 is 9.47 Å². The van der Waals surface area contributed by atoms with Crippen LogP contribution in [0.2, 0.25) is 0 Å². The maximum Gasteiger partial charge on any atom is 0.235 e. The smallest absolute Gasteiger partial charge is 0.235 e. The second-order valence-electron chi connectivity index (χ2n) is 7.15. The Morgan fingerprint density at radius 3 is 2.40 bits per heavy atom. The molecule has 5 N–H and O–H groups in total. The fourth-order valence-corrected chi connectivity index (χ4v) is 3.30. The Morgan fingerprint density at radius 2 is 1.70 bits per heavy atom. The molecule has 0 saturated carbocycles. The summed E-state index contributed by atoms with van der Waals surface area (Å²) in [7, 11) is 0. The van der Waals surface area contributed by atoms with E-state index in [1.165, 1.54) is 37.3 Å². The van der Waals surface area contributed by atoms with Crippen LogP contribution in [0.4, 0.5) is 0 Å². The first kappa shape index (κ1) is 20.2. The maximum absolute atomic E-state index is 12.6. The number of ether oxygens (including phenoxy) is 3. The summed E-state index contributed by atoms with van der Waals surface area (Å²) in [5.74, 6) is -0.769. The molecule has 2 aromatic carbocycles. The topological polar surface area (TPSA) is 146 Å². The Labute approximate surface area is 171 Å². The van der Waals surface area contributed by atoms with Gasteiger partial charge in [-0.05, 0) is 30.7 Å². The van der Waals surface area contributed by atoms with Crippen molar-refractivity contribution in [3.8, 4) is 23.0 Å². The van der Waals surface area contributed by atoms with Crippen LogP contribution in [0.3, 0.4) is 0 Å². The van der Waals surface area contributed by atoms with Crippen LogP contribution in [-0.2, 0) is 4.74 Å². The summed E-state index contributed by atoms with van der Waals surface area (Å²) < 4.78 is 16.5. The van der Waals surface area contributed by atoms with Gasteiger partial charge in [-0.1, -0.05) is 12.1 Å². The Morgan fingerprint density at radius 1 is 1.00 bits per heavy atom. The van der Waals surface area contributed by atoms with Crippen LogP contribution in [0.15, 0.2) is 42.2 Å². The molecule has 0 unspecified atom stereocenters. The van der Waals surface area contributed by atoms with Crippen LogP contribution in [0.5, 0.6) is 23.0 Å². The third kappa shape index (κ3) is 3.59. The predicted molar refractivity (Wildman–Crippen MR) is 102 cm³/mol. The zero-order chi connectivity index (χ0) is 21.6. The van der Waals surface area contributed by atoms with E-state index in [9.17, 15) is 30.3 Å². The highest BCUT2D eigenvalue weighted by atomic mass is 16.7. The summed E-state index contributed by atoms with van der Waals surface area (Å²) in [5.41, 5.74) is 0.571. The molecule has 2 aromatic rings. The van der Waals surface area contributed by atoms with E-state index in [1.807, 2.05) is 0 Å². The number of rotatable bonds is 3. The van der Waals surface area contributed by atoms with Gasteiger partial charge in [0.25, 0.3) is 0 Å². The highest BCUT2D eigenvalue weighted by molar-refractivity contribution is 6.16. The predicted octanol–water partition coefficient (Wildman–Crippen LogP) is 0.920. The highest BCUT2D eigenvalue weighted by Gasteiger charge is 2.43. The average Bonchev–Trinajstić information content (AvgIpc) is 3.02. The van der Waals surface area contributed by atoms with Crippen molar-refractivity contribution in [1.29, 1.82) is 0 Å². The fraction of sp³-hybridized carbons (Fsp3) is 0.286. The minimum atomic E-state index is -1.53. The van der Waals surface area contributed by atoms with Crippen molar-refractivity contribution in [2.75, 3.05) is 0 Å². The Hall–Kier alpha value is -3.11. The molecule has 158 valence electrons. The summed E-state index contributed by atoms with van der Waals surface area (Å²) in [6.07, 6.45) is -4.91. The number of fused-ring (bicyclic) bond motifs is 1. The van der Waals surface area contributed by atoms with E-state index in [2.05, 4.69) is 0 Å². The standard InChI is InChI=1S/C21H20O9/c1-9-17(24)19(26)20(27)21(28-9)29-12-7-13(23)16-14(8-12)30-15(18(16)25)6-10-2-4-11(22)5-3-10/h2-9,17,19-24,26-27H,1H3/b15-6-/t9-,17+,19-,20-,21+/m0/s1. The summed E-state index contributed by atoms with van der Waals surface area (Å²) in [6.45, 7) is 1.51. The van der Waals surface area contributed by atoms with Gasteiger partial charge in [0.1, 0.15) is 46.9 Å². The molecule has 0 amide bonds. The van der Waals surface area contributed by atoms with Crippen LogP contribution >= 0.6 is 0 Å². The molecular weight excluding hydrogens is 396 g/mol. The number of aliphatic hydroxyl groups excluding tert-OH is 3. The number of phenolic OH excluding ortho intramolecular Hbond substituents is 2. The van der Waals surface area contributed by atoms with Gasteiger partial charge in [0, 0.05) is 12.1 Å². The molecule has 2 heterocycles. The van der Waals surface area contributed by atoms with Gasteiger partial charge in [0.2, 0.25) is 12.1 Å². The van der Waals surface area contributed by atoms with Crippen molar-refractivity contribution in [2.45, 2.75) is 37.6 Å². The number of aliphatic hydroxyl groups is 3. The minimum Gasteiger partial charge on any atom is -0.508 e. The van der Waals surface area contributed by atoms with E-state index in [0.29, 0.717) is 5.56 Å². The zero-order valence-corrected chi connectivity index (χ0v) is 15.8. The molecular formula is C21H20O9. The largest absolute Gasteiger partial charge is 0.508 e. The number of hydrogen-bond donors (Lipinski definition) is 5. The normalized spacial score (nSPS) is 29.5. The van der Waals surface area contributed by atoms with E-state index in [-0.39, 0.29) is 34.3 Å². The van der Waals surface area contributed by atoms with Crippen LogP contribution in [0.1, 0.15) is 22.8 Å². The number of benzene rings is 2. The maximum atomic E-state index is 12.6. The quantitative estimate of drug-likeness (QED) is 0.461. The molecule has 9 heteroatoms. The first-order valence-electron chi connectivity index (χ1n) is 9.21. The van der Waals surface area contributed by atoms with Crippen molar-refractivity contribution in [1.82, 2.24) is 0 Å². The molecule has 0 aliphatic carbocycles. The van der Waals surface area contributed by atoms with Gasteiger partial charge in [-0.15, -0.1) is 0 Å². The minimum absolute atomic E-state index is 0.0238. The number of allylic oxidation sites excluding steroid dienone is 1. The number of phenols is 2. The first-order valence-corrected chi connectivity index (χ1v) is 9.21. The molecule has 0 spiro atoms. The van der Waals surface area contributed by atoms with Crippen molar-refractivity contribution in [2.24, 2.45) is 0 Å². The molecule has 1 saturated heterocycles. The lowest BCUT2D eigenvalue weighted by atomic mass is 10.00. The lowest BCUT2D eigenvalue weighted by Gasteiger charge is -2.38. The molecule has 2 aliphatic rings. The van der Waals surface area contributed by atoms with Crippen LogP contribution in [-0.4, -0.2) is 62.0 Å². The van der Waals surface area contributed by atoms with E-state index in [0.717, 1.165) is 0 Å². The van der Waals surface area contributed by atoms with Gasteiger partial charge < -0.3 is 39.7 Å². The molecule has 1 fully saturated rings. The molecule has 4 rings (SSSR count). The van der Waals surface area contributed by atoms with Gasteiger partial charge in [-0.25, -0.2) is 0 Å². The number of Topliss-reactive ketones (excluding diaryl/α,β-unsaturated/α-hetero) is 1. The van der Waals surface area contributed by atoms with E-state index >= 15 is 0 Å². The summed E-state index contributed by atoms with van der Waals surface area (Å²) >= 11 is 0. The second kappa shape index (κ2) is 7.62. The van der Waals surface area contributed by atoms with Crippen molar-refractivity contribution in [3.63, 3.8) is 0 Å². The number of ketones is 1. The number of hydrogen-bond acceptors (Lipinski definition) is 9. The van der Waals surface area contributed by atoms with Crippen molar-refractivity contribution < 1.29 is 44.5 Å². The van der Waals surface area contributed by atoms with Gasteiger partial charge in [-0.2, -0.15) is 0 Å². The highest BCUT2D eigenvalue weighted by Crippen LogP contribution is 2.41. The number of aromatic hydroxyl groups is 2. The molecule has 0 bridgehead atoms. The first-order chi connectivity index (χ1) is 14.2. The molecule has 0 aromatic heterocycles. The average molecular weight is 416 g/mol. The molecule has 2 aliphatic heterocycles. The third-order valence-electron chi connectivity index (χ3n) is 4.98. The molecule has 9 nitrogen and oxygen atoms in total. The third-order valence-corrected chi connectivity index (χ3v) is 4.98. The summed E-state index contributed by atoms with van der Waals surface area (Å²) in [5, 5.41) is 49.4. The van der Waals surface area contributed by atoms with Crippen LogP contribution in [0.25, 0.3) is 6.08 Å². The second-order valence-corrected chi connectivity index (χ2v) is 7.15. The SMILES string of the molecule is C[C@@H]1O[C@H](Oc2cc(O)c3c(c2)O/C(=C\c2ccc(O)cc2)C3=O)[C@@H](O)[C@@H](O)[C@@H]1O. The van der Waals surface area contributed by atoms with Gasteiger partial charge in [-0.3, -0.25) is 4.79 Å². The Kier molecular flexibility index (Phi) is 5.12. The molecule has 5 atom stereocenters. The molecule has 0 radical (unpaired) electrons. The lowest BCUT2D eigenvalue weighted by Crippen LogP contribution is -2.58. The lowest BCUT2D eigenvalue weighted by molar-refractivity contribution is -0.268. The van der Waals surface area contributed by atoms with Crippen molar-refractivity contribution >= 4 is 11.9 Å². The number of carbonyl (C=O) groups excluding carboxylic acids is 1. The fourth-order valence-electron chi connectivity index (χ4n) is 3.30.